The first-order chi connectivity index (χ1) is 7.02. The lowest BCUT2D eigenvalue weighted by molar-refractivity contribution is 0.517. The maximum absolute atomic E-state index is 13.5. The predicted octanol–water partition coefficient (Wildman–Crippen LogP) is 4.96. The lowest BCUT2D eigenvalue weighted by Crippen LogP contribution is -1.84. The number of benzene rings is 1. The summed E-state index contributed by atoms with van der Waals surface area (Å²) in [5.74, 6) is -1.48. The van der Waals surface area contributed by atoms with Gasteiger partial charge in [0.1, 0.15) is 0 Å². The number of hydrogen-bond donors (Lipinski definition) is 0. The van der Waals surface area contributed by atoms with E-state index in [1.807, 2.05) is 13.8 Å². The van der Waals surface area contributed by atoms with Gasteiger partial charge in [0, 0.05) is 9.58 Å². The minimum Gasteiger partial charge on any atom is -0.204 e. The van der Waals surface area contributed by atoms with E-state index in [0.29, 0.717) is 9.72 Å². The van der Waals surface area contributed by atoms with Crippen LogP contribution in [0.3, 0.4) is 0 Å². The van der Waals surface area contributed by atoms with Crippen LogP contribution in [0.2, 0.25) is 5.02 Å². The molecule has 0 atom stereocenters. The maximum atomic E-state index is 13.5. The van der Waals surface area contributed by atoms with Crippen LogP contribution in [0.4, 0.5) is 8.78 Å². The van der Waals surface area contributed by atoms with Crippen LogP contribution in [0, 0.1) is 11.6 Å². The molecule has 0 radical (unpaired) electrons. The van der Waals surface area contributed by atoms with E-state index in [0.717, 1.165) is 10.9 Å². The first-order valence-corrected chi connectivity index (χ1v) is 5.77. The van der Waals surface area contributed by atoms with Gasteiger partial charge in [-0.1, -0.05) is 25.4 Å². The van der Waals surface area contributed by atoms with Gasteiger partial charge in [-0.25, -0.2) is 8.78 Å². The minimum atomic E-state index is -0.850. The second-order valence-electron chi connectivity index (χ2n) is 3.67. The summed E-state index contributed by atoms with van der Waals surface area (Å²) in [6.45, 7) is 3.95. The van der Waals surface area contributed by atoms with E-state index in [2.05, 4.69) is 0 Å². The lowest BCUT2D eigenvalue weighted by Gasteiger charge is -2.00. The van der Waals surface area contributed by atoms with E-state index in [4.69, 9.17) is 11.6 Å². The summed E-state index contributed by atoms with van der Waals surface area (Å²) in [6, 6.07) is 2.70. The van der Waals surface area contributed by atoms with Crippen LogP contribution < -0.4 is 0 Å². The molecule has 2 rings (SSSR count). The highest BCUT2D eigenvalue weighted by molar-refractivity contribution is 7.19. The molecule has 2 aromatic rings. The first kappa shape index (κ1) is 10.8. The molecular formula is C11H9ClF2S. The molecule has 0 N–H and O–H groups in total. The third-order valence-electron chi connectivity index (χ3n) is 2.24. The first-order valence-electron chi connectivity index (χ1n) is 4.58. The van der Waals surface area contributed by atoms with Gasteiger partial charge in [0.2, 0.25) is 0 Å². The molecule has 0 saturated heterocycles. The van der Waals surface area contributed by atoms with E-state index in [1.54, 1.807) is 6.07 Å². The van der Waals surface area contributed by atoms with E-state index in [1.165, 1.54) is 11.3 Å². The Kier molecular flexibility index (Phi) is 2.69. The van der Waals surface area contributed by atoms with E-state index in [-0.39, 0.29) is 11.3 Å². The summed E-state index contributed by atoms with van der Waals surface area (Å²) in [6.07, 6.45) is 0. The Morgan fingerprint density at radius 3 is 2.53 bits per heavy atom. The van der Waals surface area contributed by atoms with Gasteiger partial charge in [-0.2, -0.15) is 0 Å². The van der Waals surface area contributed by atoms with Gasteiger partial charge in [0.15, 0.2) is 11.6 Å². The number of rotatable bonds is 1. The van der Waals surface area contributed by atoms with Crippen molar-refractivity contribution in [2.75, 3.05) is 0 Å². The van der Waals surface area contributed by atoms with Gasteiger partial charge in [0.05, 0.1) is 10.4 Å². The average molecular weight is 247 g/mol. The Balaban J connectivity index is 2.83. The predicted molar refractivity (Wildman–Crippen MR) is 60.8 cm³/mol. The van der Waals surface area contributed by atoms with E-state index < -0.39 is 11.6 Å². The fraction of sp³-hybridized carbons (Fsp3) is 0.273. The third-order valence-corrected chi connectivity index (χ3v) is 4.20. The molecule has 0 aliphatic heterocycles. The standard InChI is InChI=1S/C11H9ClF2S/c1-5(2)11-9(12)8-7(15-11)4-3-6(13)10(8)14/h3-5H,1-2H3. The molecule has 0 spiro atoms. The van der Waals surface area contributed by atoms with Gasteiger partial charge in [-0.3, -0.25) is 0 Å². The van der Waals surface area contributed by atoms with Crippen LogP contribution in [-0.4, -0.2) is 0 Å². The molecule has 0 aliphatic rings. The monoisotopic (exact) mass is 246 g/mol. The Bertz CT molecular complexity index is 517. The Labute approximate surface area is 95.5 Å². The van der Waals surface area contributed by atoms with Crippen LogP contribution in [0.5, 0.6) is 0 Å². The highest BCUT2D eigenvalue weighted by atomic mass is 35.5. The zero-order valence-corrected chi connectivity index (χ0v) is 9.85. The molecule has 0 aliphatic carbocycles. The van der Waals surface area contributed by atoms with Crippen LogP contribution in [0.15, 0.2) is 12.1 Å². The van der Waals surface area contributed by atoms with Crippen molar-refractivity contribution in [1.82, 2.24) is 0 Å². The van der Waals surface area contributed by atoms with E-state index in [9.17, 15) is 8.78 Å². The van der Waals surface area contributed by atoms with Crippen molar-refractivity contribution in [3.05, 3.63) is 33.7 Å². The normalized spacial score (nSPS) is 11.6. The molecule has 0 saturated carbocycles. The molecule has 1 heterocycles. The molecule has 15 heavy (non-hydrogen) atoms. The fourth-order valence-corrected chi connectivity index (χ4v) is 3.15. The van der Waals surface area contributed by atoms with Gasteiger partial charge < -0.3 is 0 Å². The summed E-state index contributed by atoms with van der Waals surface area (Å²) in [5, 5.41) is 0.562. The van der Waals surface area contributed by atoms with Crippen LogP contribution in [0.1, 0.15) is 24.6 Å². The summed E-state index contributed by atoms with van der Waals surface area (Å²) in [4.78, 5) is 0.899. The number of fused-ring (bicyclic) bond motifs is 1. The van der Waals surface area contributed by atoms with Gasteiger partial charge in [-0.05, 0) is 18.1 Å². The van der Waals surface area contributed by atoms with E-state index >= 15 is 0 Å². The molecular weight excluding hydrogens is 238 g/mol. The van der Waals surface area contributed by atoms with Crippen molar-refractivity contribution in [1.29, 1.82) is 0 Å². The average Bonchev–Trinajstić information content (AvgIpc) is 2.50. The number of hydrogen-bond acceptors (Lipinski definition) is 1. The Morgan fingerprint density at radius 2 is 1.93 bits per heavy atom. The summed E-state index contributed by atoms with van der Waals surface area (Å²) in [7, 11) is 0. The summed E-state index contributed by atoms with van der Waals surface area (Å²) in [5.41, 5.74) is 0. The lowest BCUT2D eigenvalue weighted by atomic mass is 10.1. The molecule has 1 aromatic carbocycles. The summed E-state index contributed by atoms with van der Waals surface area (Å²) < 4.78 is 27.2. The molecule has 0 nitrogen and oxygen atoms in total. The second-order valence-corrected chi connectivity index (χ2v) is 5.13. The third kappa shape index (κ3) is 1.64. The molecule has 0 amide bonds. The van der Waals surface area contributed by atoms with Crippen molar-refractivity contribution in [3.63, 3.8) is 0 Å². The number of thiophene rings is 1. The van der Waals surface area contributed by atoms with Crippen molar-refractivity contribution >= 4 is 33.0 Å². The molecule has 0 unspecified atom stereocenters. The van der Waals surface area contributed by atoms with Crippen molar-refractivity contribution in [2.45, 2.75) is 19.8 Å². The quantitative estimate of drug-likeness (QED) is 0.667. The second kappa shape index (κ2) is 3.72. The SMILES string of the molecule is CC(C)c1sc2ccc(F)c(F)c2c1Cl. The molecule has 4 heteroatoms. The summed E-state index contributed by atoms with van der Waals surface area (Å²) >= 11 is 7.45. The zero-order valence-electron chi connectivity index (χ0n) is 8.27. The molecule has 1 aromatic heterocycles. The van der Waals surface area contributed by atoms with Crippen molar-refractivity contribution in [3.8, 4) is 0 Å². The highest BCUT2D eigenvalue weighted by Crippen LogP contribution is 2.41. The largest absolute Gasteiger partial charge is 0.204 e. The van der Waals surface area contributed by atoms with Crippen molar-refractivity contribution < 1.29 is 8.78 Å². The Hall–Kier alpha value is -0.670. The highest BCUT2D eigenvalue weighted by Gasteiger charge is 2.18. The maximum Gasteiger partial charge on any atom is 0.168 e. The van der Waals surface area contributed by atoms with Crippen molar-refractivity contribution in [2.24, 2.45) is 0 Å². The van der Waals surface area contributed by atoms with Crippen LogP contribution >= 0.6 is 22.9 Å². The van der Waals surface area contributed by atoms with Gasteiger partial charge in [-0.15, -0.1) is 11.3 Å². The van der Waals surface area contributed by atoms with Crippen LogP contribution in [-0.2, 0) is 0 Å². The fourth-order valence-electron chi connectivity index (χ4n) is 1.48. The molecule has 0 bridgehead atoms. The van der Waals surface area contributed by atoms with Crippen LogP contribution in [0.25, 0.3) is 10.1 Å². The zero-order chi connectivity index (χ0) is 11.2. The molecule has 80 valence electrons. The number of halogens is 3. The van der Waals surface area contributed by atoms with Gasteiger partial charge in [0.25, 0.3) is 0 Å². The molecule has 0 fully saturated rings. The minimum absolute atomic E-state index is 0.213. The smallest absolute Gasteiger partial charge is 0.168 e. The van der Waals surface area contributed by atoms with Gasteiger partial charge >= 0.3 is 0 Å². The topological polar surface area (TPSA) is 0 Å². The Morgan fingerprint density at radius 1 is 1.27 bits per heavy atom.